The van der Waals surface area contributed by atoms with Crippen molar-refractivity contribution in [2.45, 2.75) is 50.5 Å². The number of ether oxygens (including phenoxy) is 1. The molecule has 0 radical (unpaired) electrons. The van der Waals surface area contributed by atoms with Gasteiger partial charge in [0.25, 0.3) is 0 Å². The van der Waals surface area contributed by atoms with E-state index in [9.17, 15) is 18.0 Å². The van der Waals surface area contributed by atoms with Gasteiger partial charge in [-0.15, -0.1) is 0 Å². The number of nitrogens with zero attached hydrogens (tertiary/aromatic N) is 2. The highest BCUT2D eigenvalue weighted by Crippen LogP contribution is 2.34. The molecule has 0 N–H and O–H groups in total. The van der Waals surface area contributed by atoms with E-state index in [0.29, 0.717) is 5.69 Å². The number of sulfone groups is 1. The normalized spacial score (nSPS) is 20.2. The standard InChI is InChI=1S/C19H26N2O5S/c1-3-14-7-5-6-10-21(14)18(22)12-20-13-19(23)26-17-11-15(8-9-16(17)20)27(24,25)4-2/h8-9,11,14H,3-7,10,12-13H2,1-2H3. The summed E-state index contributed by atoms with van der Waals surface area (Å²) in [5, 5.41) is 0. The number of amides is 1. The molecule has 0 saturated carbocycles. The first-order chi connectivity index (χ1) is 12.9. The van der Waals surface area contributed by atoms with Gasteiger partial charge in [0.05, 0.1) is 22.9 Å². The lowest BCUT2D eigenvalue weighted by atomic mass is 10.00. The fourth-order valence-corrected chi connectivity index (χ4v) is 4.64. The van der Waals surface area contributed by atoms with Gasteiger partial charge in [-0.1, -0.05) is 13.8 Å². The van der Waals surface area contributed by atoms with E-state index < -0.39 is 15.8 Å². The van der Waals surface area contributed by atoms with E-state index in [-0.39, 0.29) is 41.4 Å². The first kappa shape index (κ1) is 19.7. The molecule has 2 aliphatic heterocycles. The minimum absolute atomic E-state index is 0.00698. The van der Waals surface area contributed by atoms with Gasteiger partial charge in [-0.3, -0.25) is 4.79 Å². The van der Waals surface area contributed by atoms with E-state index in [4.69, 9.17) is 4.74 Å². The fraction of sp³-hybridized carbons (Fsp3) is 0.579. The summed E-state index contributed by atoms with van der Waals surface area (Å²) in [7, 11) is -3.40. The maximum absolute atomic E-state index is 12.9. The van der Waals surface area contributed by atoms with Crippen LogP contribution in [-0.4, -0.2) is 56.6 Å². The summed E-state index contributed by atoms with van der Waals surface area (Å²) >= 11 is 0. The molecular weight excluding hydrogens is 368 g/mol. The molecule has 1 atom stereocenters. The van der Waals surface area contributed by atoms with Crippen LogP contribution in [0.25, 0.3) is 0 Å². The van der Waals surface area contributed by atoms with Crippen molar-refractivity contribution in [2.24, 2.45) is 0 Å². The van der Waals surface area contributed by atoms with Gasteiger partial charge in [0, 0.05) is 18.7 Å². The molecule has 1 fully saturated rings. The SMILES string of the molecule is CCC1CCCCN1C(=O)CN1CC(=O)Oc2cc(S(=O)(=O)CC)ccc21. The molecule has 7 nitrogen and oxygen atoms in total. The predicted octanol–water partition coefficient (Wildman–Crippen LogP) is 2.00. The molecule has 8 heteroatoms. The molecule has 27 heavy (non-hydrogen) atoms. The van der Waals surface area contributed by atoms with Crippen LogP contribution in [0.4, 0.5) is 5.69 Å². The van der Waals surface area contributed by atoms with Gasteiger partial charge in [0.2, 0.25) is 5.91 Å². The molecule has 0 bridgehead atoms. The Balaban J connectivity index is 1.84. The van der Waals surface area contributed by atoms with Crippen LogP contribution in [0, 0.1) is 0 Å². The van der Waals surface area contributed by atoms with Crippen molar-refractivity contribution in [2.75, 3.05) is 30.3 Å². The number of carbonyl (C=O) groups is 2. The molecule has 3 rings (SSSR count). The topological polar surface area (TPSA) is 84.0 Å². The van der Waals surface area contributed by atoms with Gasteiger partial charge in [-0.05, 0) is 37.8 Å². The quantitative estimate of drug-likeness (QED) is 0.561. The van der Waals surface area contributed by atoms with Gasteiger partial charge >= 0.3 is 5.97 Å². The zero-order valence-corrected chi connectivity index (χ0v) is 16.6. The van der Waals surface area contributed by atoms with Crippen LogP contribution in [0.2, 0.25) is 0 Å². The summed E-state index contributed by atoms with van der Waals surface area (Å²) in [6.45, 7) is 4.45. The third-order valence-electron chi connectivity index (χ3n) is 5.30. The van der Waals surface area contributed by atoms with Crippen LogP contribution in [-0.2, 0) is 19.4 Å². The molecule has 148 valence electrons. The molecule has 0 aromatic heterocycles. The Morgan fingerprint density at radius 1 is 1.26 bits per heavy atom. The Labute approximate surface area is 160 Å². The van der Waals surface area contributed by atoms with E-state index >= 15 is 0 Å². The smallest absolute Gasteiger partial charge is 0.331 e. The molecule has 2 aliphatic rings. The van der Waals surface area contributed by atoms with Gasteiger partial charge in [0.15, 0.2) is 15.6 Å². The Hall–Kier alpha value is -2.09. The Morgan fingerprint density at radius 2 is 2.04 bits per heavy atom. The first-order valence-electron chi connectivity index (χ1n) is 9.47. The summed E-state index contributed by atoms with van der Waals surface area (Å²) in [4.78, 5) is 28.6. The number of piperidine rings is 1. The maximum atomic E-state index is 12.9. The number of anilines is 1. The Morgan fingerprint density at radius 3 is 2.74 bits per heavy atom. The number of esters is 1. The van der Waals surface area contributed by atoms with Crippen LogP contribution in [0.5, 0.6) is 5.75 Å². The van der Waals surface area contributed by atoms with Gasteiger partial charge in [0.1, 0.15) is 6.54 Å². The summed E-state index contributed by atoms with van der Waals surface area (Å²) < 4.78 is 29.4. The Bertz CT molecular complexity index is 837. The molecule has 1 unspecified atom stereocenters. The summed E-state index contributed by atoms with van der Waals surface area (Å²) in [5.74, 6) is -0.339. The lowest BCUT2D eigenvalue weighted by molar-refractivity contribution is -0.134. The van der Waals surface area contributed by atoms with Gasteiger partial charge in [-0.25, -0.2) is 13.2 Å². The molecule has 0 spiro atoms. The van der Waals surface area contributed by atoms with E-state index in [0.717, 1.165) is 32.2 Å². The predicted molar refractivity (Wildman–Crippen MR) is 102 cm³/mol. The number of hydrogen-bond acceptors (Lipinski definition) is 6. The summed E-state index contributed by atoms with van der Waals surface area (Å²) in [6, 6.07) is 4.74. The van der Waals surface area contributed by atoms with Crippen LogP contribution in [0.1, 0.15) is 39.5 Å². The number of fused-ring (bicyclic) bond motifs is 1. The lowest BCUT2D eigenvalue weighted by Crippen LogP contribution is -2.49. The minimum Gasteiger partial charge on any atom is -0.423 e. The van der Waals surface area contributed by atoms with Crippen LogP contribution >= 0.6 is 0 Å². The van der Waals surface area contributed by atoms with Crippen molar-refractivity contribution in [1.29, 1.82) is 0 Å². The molecule has 2 heterocycles. The summed E-state index contributed by atoms with van der Waals surface area (Å²) in [5.41, 5.74) is 0.572. The molecule has 1 saturated heterocycles. The highest BCUT2D eigenvalue weighted by atomic mass is 32.2. The van der Waals surface area contributed by atoms with Crippen molar-refractivity contribution in [1.82, 2.24) is 4.90 Å². The molecular formula is C19H26N2O5S. The number of carbonyl (C=O) groups excluding carboxylic acids is 2. The van der Waals surface area contributed by atoms with Crippen molar-refractivity contribution in [3.05, 3.63) is 18.2 Å². The van der Waals surface area contributed by atoms with Crippen LogP contribution < -0.4 is 9.64 Å². The molecule has 1 amide bonds. The highest BCUT2D eigenvalue weighted by Gasteiger charge is 2.31. The maximum Gasteiger partial charge on any atom is 0.331 e. The molecule has 1 aromatic rings. The number of benzene rings is 1. The average molecular weight is 394 g/mol. The van der Waals surface area contributed by atoms with E-state index in [1.165, 1.54) is 12.1 Å². The van der Waals surface area contributed by atoms with Crippen LogP contribution in [0.3, 0.4) is 0 Å². The first-order valence-corrected chi connectivity index (χ1v) is 11.1. The average Bonchev–Trinajstić information content (AvgIpc) is 2.67. The number of likely N-dealkylation sites (tertiary alicyclic amines) is 1. The number of rotatable bonds is 5. The third kappa shape index (κ3) is 4.10. The molecule has 1 aromatic carbocycles. The van der Waals surface area contributed by atoms with Crippen molar-refractivity contribution < 1.29 is 22.7 Å². The van der Waals surface area contributed by atoms with E-state index in [1.807, 2.05) is 4.90 Å². The Kier molecular flexibility index (Phi) is 5.74. The second kappa shape index (κ2) is 7.88. The van der Waals surface area contributed by atoms with Crippen molar-refractivity contribution in [3.8, 4) is 5.75 Å². The van der Waals surface area contributed by atoms with Crippen molar-refractivity contribution in [3.63, 3.8) is 0 Å². The van der Waals surface area contributed by atoms with E-state index in [2.05, 4.69) is 6.92 Å². The minimum atomic E-state index is -3.40. The number of hydrogen-bond donors (Lipinski definition) is 0. The zero-order chi connectivity index (χ0) is 19.6. The lowest BCUT2D eigenvalue weighted by Gasteiger charge is -2.37. The van der Waals surface area contributed by atoms with E-state index in [1.54, 1.807) is 17.9 Å². The monoisotopic (exact) mass is 394 g/mol. The largest absolute Gasteiger partial charge is 0.423 e. The zero-order valence-electron chi connectivity index (χ0n) is 15.8. The highest BCUT2D eigenvalue weighted by molar-refractivity contribution is 7.91. The van der Waals surface area contributed by atoms with Crippen LogP contribution in [0.15, 0.2) is 23.1 Å². The molecule has 0 aliphatic carbocycles. The van der Waals surface area contributed by atoms with Gasteiger partial charge < -0.3 is 14.5 Å². The second-order valence-electron chi connectivity index (χ2n) is 7.01. The third-order valence-corrected chi connectivity index (χ3v) is 7.03. The van der Waals surface area contributed by atoms with Crippen molar-refractivity contribution >= 4 is 27.4 Å². The summed E-state index contributed by atoms with van der Waals surface area (Å²) in [6.07, 6.45) is 4.07. The fourth-order valence-electron chi connectivity index (χ4n) is 3.74. The second-order valence-corrected chi connectivity index (χ2v) is 9.29. The van der Waals surface area contributed by atoms with Gasteiger partial charge in [-0.2, -0.15) is 0 Å².